The minimum Gasteiger partial charge on any atom is -0.457 e. The Labute approximate surface area is 134 Å². The van der Waals surface area contributed by atoms with Crippen molar-refractivity contribution in [2.75, 3.05) is 0 Å². The summed E-state index contributed by atoms with van der Waals surface area (Å²) in [5.41, 5.74) is 1.12. The third-order valence-corrected chi connectivity index (χ3v) is 4.21. The molecule has 0 unspecified atom stereocenters. The highest BCUT2D eigenvalue weighted by Gasteiger charge is 2.05. The summed E-state index contributed by atoms with van der Waals surface area (Å²) in [4.78, 5) is 0. The SMILES string of the molecule is BrCc1cc(Br)ccc1Oc1ccc2ccccc2c1. The van der Waals surface area contributed by atoms with Gasteiger partial charge in [-0.1, -0.05) is 62.2 Å². The van der Waals surface area contributed by atoms with E-state index in [4.69, 9.17) is 4.74 Å². The van der Waals surface area contributed by atoms with E-state index in [1.807, 2.05) is 30.3 Å². The van der Waals surface area contributed by atoms with Gasteiger partial charge in [-0.2, -0.15) is 0 Å². The van der Waals surface area contributed by atoms with Crippen LogP contribution in [0.1, 0.15) is 5.56 Å². The minimum absolute atomic E-state index is 0.759. The second-order valence-corrected chi connectivity index (χ2v) is 5.97. The fourth-order valence-electron chi connectivity index (χ4n) is 2.11. The maximum atomic E-state index is 6.01. The van der Waals surface area contributed by atoms with Crippen LogP contribution in [0.4, 0.5) is 0 Å². The summed E-state index contributed by atoms with van der Waals surface area (Å²) in [6, 6.07) is 20.5. The molecule has 0 aliphatic carbocycles. The van der Waals surface area contributed by atoms with Gasteiger partial charge in [0.15, 0.2) is 0 Å². The third kappa shape index (κ3) is 2.89. The molecule has 3 aromatic carbocycles. The van der Waals surface area contributed by atoms with Crippen molar-refractivity contribution < 1.29 is 4.74 Å². The summed E-state index contributed by atoms with van der Waals surface area (Å²) in [6.07, 6.45) is 0. The summed E-state index contributed by atoms with van der Waals surface area (Å²) in [5, 5.41) is 3.16. The molecular weight excluding hydrogens is 380 g/mol. The first kappa shape index (κ1) is 13.7. The molecule has 3 aromatic rings. The summed E-state index contributed by atoms with van der Waals surface area (Å²) in [6.45, 7) is 0. The molecule has 20 heavy (non-hydrogen) atoms. The molecule has 0 bridgehead atoms. The summed E-state index contributed by atoms with van der Waals surface area (Å²) in [5.74, 6) is 1.73. The molecule has 0 spiro atoms. The second-order valence-electron chi connectivity index (χ2n) is 4.50. The predicted molar refractivity (Wildman–Crippen MR) is 90.8 cm³/mol. The van der Waals surface area contributed by atoms with Crippen molar-refractivity contribution in [2.45, 2.75) is 5.33 Å². The van der Waals surface area contributed by atoms with Gasteiger partial charge in [-0.15, -0.1) is 0 Å². The topological polar surface area (TPSA) is 9.23 Å². The minimum atomic E-state index is 0.759. The van der Waals surface area contributed by atoms with Crippen LogP contribution in [0.5, 0.6) is 11.5 Å². The summed E-state index contributed by atoms with van der Waals surface area (Å²) < 4.78 is 7.07. The van der Waals surface area contributed by atoms with Gasteiger partial charge in [0.1, 0.15) is 11.5 Å². The molecule has 0 radical (unpaired) electrons. The number of benzene rings is 3. The molecule has 0 heterocycles. The fourth-order valence-corrected chi connectivity index (χ4v) is 2.96. The van der Waals surface area contributed by atoms with Gasteiger partial charge in [-0.3, -0.25) is 0 Å². The normalized spacial score (nSPS) is 10.7. The van der Waals surface area contributed by atoms with E-state index in [0.717, 1.165) is 26.9 Å². The lowest BCUT2D eigenvalue weighted by Gasteiger charge is -2.11. The first-order valence-electron chi connectivity index (χ1n) is 6.27. The van der Waals surface area contributed by atoms with Gasteiger partial charge in [0.2, 0.25) is 0 Å². The van der Waals surface area contributed by atoms with Gasteiger partial charge >= 0.3 is 0 Å². The monoisotopic (exact) mass is 390 g/mol. The molecule has 0 N–H and O–H groups in total. The van der Waals surface area contributed by atoms with E-state index >= 15 is 0 Å². The van der Waals surface area contributed by atoms with Crippen molar-refractivity contribution in [1.29, 1.82) is 0 Å². The first-order chi connectivity index (χ1) is 9.76. The van der Waals surface area contributed by atoms with Crippen molar-refractivity contribution >= 4 is 42.6 Å². The van der Waals surface area contributed by atoms with Crippen LogP contribution in [0.3, 0.4) is 0 Å². The smallest absolute Gasteiger partial charge is 0.131 e. The quantitative estimate of drug-likeness (QED) is 0.476. The van der Waals surface area contributed by atoms with E-state index in [1.165, 1.54) is 10.8 Å². The van der Waals surface area contributed by atoms with Crippen LogP contribution in [-0.4, -0.2) is 0 Å². The molecule has 0 aromatic heterocycles. The van der Waals surface area contributed by atoms with Crippen LogP contribution in [-0.2, 0) is 5.33 Å². The van der Waals surface area contributed by atoms with Gasteiger partial charge in [-0.25, -0.2) is 0 Å². The lowest BCUT2D eigenvalue weighted by Crippen LogP contribution is -1.89. The van der Waals surface area contributed by atoms with Gasteiger partial charge in [0.05, 0.1) is 0 Å². The first-order valence-corrected chi connectivity index (χ1v) is 8.19. The standard InChI is InChI=1S/C17H12Br2O/c18-11-14-9-15(19)6-8-17(14)20-16-7-5-12-3-1-2-4-13(12)10-16/h1-10H,11H2. The average Bonchev–Trinajstić information content (AvgIpc) is 2.49. The molecule has 100 valence electrons. The van der Waals surface area contributed by atoms with Crippen LogP contribution < -0.4 is 4.74 Å². The van der Waals surface area contributed by atoms with E-state index in [0.29, 0.717) is 0 Å². The highest BCUT2D eigenvalue weighted by atomic mass is 79.9. The molecule has 3 heteroatoms. The van der Waals surface area contributed by atoms with Crippen LogP contribution in [0.2, 0.25) is 0 Å². The maximum Gasteiger partial charge on any atom is 0.131 e. The maximum absolute atomic E-state index is 6.01. The van der Waals surface area contributed by atoms with Crippen molar-refractivity contribution in [3.8, 4) is 11.5 Å². The Morgan fingerprint density at radius 1 is 0.850 bits per heavy atom. The van der Waals surface area contributed by atoms with Gasteiger partial charge < -0.3 is 4.74 Å². The van der Waals surface area contributed by atoms with Crippen LogP contribution >= 0.6 is 31.9 Å². The molecule has 0 atom stereocenters. The third-order valence-electron chi connectivity index (χ3n) is 3.12. The molecule has 0 fully saturated rings. The molecule has 3 rings (SSSR count). The second kappa shape index (κ2) is 5.98. The van der Waals surface area contributed by atoms with Crippen LogP contribution in [0, 0.1) is 0 Å². The summed E-state index contributed by atoms with van der Waals surface area (Å²) in [7, 11) is 0. The highest BCUT2D eigenvalue weighted by Crippen LogP contribution is 2.31. The molecular formula is C17H12Br2O. The van der Waals surface area contributed by atoms with Crippen LogP contribution in [0.15, 0.2) is 65.1 Å². The number of alkyl halides is 1. The Balaban J connectivity index is 1.96. The van der Waals surface area contributed by atoms with Crippen molar-refractivity contribution in [1.82, 2.24) is 0 Å². The number of halogens is 2. The number of rotatable bonds is 3. The molecule has 0 amide bonds. The van der Waals surface area contributed by atoms with Crippen molar-refractivity contribution in [2.24, 2.45) is 0 Å². The zero-order chi connectivity index (χ0) is 13.9. The molecule has 0 aliphatic rings. The van der Waals surface area contributed by atoms with Gasteiger partial charge in [0.25, 0.3) is 0 Å². The molecule has 0 saturated heterocycles. The average molecular weight is 392 g/mol. The zero-order valence-electron chi connectivity index (χ0n) is 10.6. The van der Waals surface area contributed by atoms with E-state index in [9.17, 15) is 0 Å². The Kier molecular flexibility index (Phi) is 4.08. The Morgan fingerprint density at radius 2 is 1.65 bits per heavy atom. The van der Waals surface area contributed by atoms with E-state index < -0.39 is 0 Å². The van der Waals surface area contributed by atoms with Crippen molar-refractivity contribution in [3.05, 3.63) is 70.7 Å². The van der Waals surface area contributed by atoms with Crippen LogP contribution in [0.25, 0.3) is 10.8 Å². The van der Waals surface area contributed by atoms with E-state index in [2.05, 4.69) is 62.2 Å². The Hall–Kier alpha value is -1.32. The Bertz CT molecular complexity index is 753. The van der Waals surface area contributed by atoms with E-state index in [-0.39, 0.29) is 0 Å². The van der Waals surface area contributed by atoms with E-state index in [1.54, 1.807) is 0 Å². The Morgan fingerprint density at radius 3 is 2.45 bits per heavy atom. The van der Waals surface area contributed by atoms with Gasteiger partial charge in [-0.05, 0) is 41.1 Å². The predicted octanol–water partition coefficient (Wildman–Crippen LogP) is 6.29. The number of fused-ring (bicyclic) bond motifs is 1. The lowest BCUT2D eigenvalue weighted by molar-refractivity contribution is 0.479. The van der Waals surface area contributed by atoms with Gasteiger partial charge in [0, 0.05) is 15.4 Å². The molecule has 1 nitrogen and oxygen atoms in total. The number of hydrogen-bond donors (Lipinski definition) is 0. The van der Waals surface area contributed by atoms with Crippen molar-refractivity contribution in [3.63, 3.8) is 0 Å². The number of hydrogen-bond acceptors (Lipinski definition) is 1. The fraction of sp³-hybridized carbons (Fsp3) is 0.0588. The lowest BCUT2D eigenvalue weighted by atomic mass is 10.1. The molecule has 0 saturated carbocycles. The molecule has 0 aliphatic heterocycles. The zero-order valence-corrected chi connectivity index (χ0v) is 13.8. The highest BCUT2D eigenvalue weighted by molar-refractivity contribution is 9.10. The largest absolute Gasteiger partial charge is 0.457 e. The number of ether oxygens (including phenoxy) is 1. The summed E-state index contributed by atoms with van der Waals surface area (Å²) >= 11 is 6.97.